The third-order valence-corrected chi connectivity index (χ3v) is 6.44. The van der Waals surface area contributed by atoms with E-state index >= 15 is 0 Å². The van der Waals surface area contributed by atoms with Crippen LogP contribution in [0.2, 0.25) is 0 Å². The van der Waals surface area contributed by atoms with Crippen LogP contribution >= 0.6 is 0 Å². The summed E-state index contributed by atoms with van der Waals surface area (Å²) in [6.07, 6.45) is 5.88. The summed E-state index contributed by atoms with van der Waals surface area (Å²) in [6.45, 7) is 9.71. The van der Waals surface area contributed by atoms with Crippen molar-refractivity contribution in [2.75, 3.05) is 5.32 Å². The zero-order valence-electron chi connectivity index (χ0n) is 19.6. The molecule has 0 radical (unpaired) electrons. The fraction of sp³-hybridized carbons (Fsp3) is 0.440. The van der Waals surface area contributed by atoms with E-state index < -0.39 is 11.1 Å². The Kier molecular flexibility index (Phi) is 4.83. The topological polar surface area (TPSA) is 112 Å². The number of carbonyl (C=O) groups is 1. The highest BCUT2D eigenvalue weighted by Crippen LogP contribution is 2.39. The smallest absolute Gasteiger partial charge is 0.340 e. The first-order valence-corrected chi connectivity index (χ1v) is 11.3. The number of carbonyl (C=O) groups excluding carboxylic acids is 1. The highest BCUT2D eigenvalue weighted by molar-refractivity contribution is 5.93. The molecule has 4 heterocycles. The number of nitrogens with one attached hydrogen (secondary N) is 1. The van der Waals surface area contributed by atoms with Crippen molar-refractivity contribution in [1.29, 1.82) is 0 Å². The molecule has 1 saturated carbocycles. The van der Waals surface area contributed by atoms with Gasteiger partial charge in [-0.15, -0.1) is 0 Å². The standard InChI is InChI=1S/C25H29N5O3/c1-13-21-15(23(31)33-25(13,4)5)8-9-19(30-21)29-20-10-16-17(11-27-20)22(32-14-6-7-14)28-12-18(16)24(2,3)26/h8-14H,6-7,26H2,1-5H3,(H,27,29,30)/t13-/m1/s1. The lowest BCUT2D eigenvalue weighted by Crippen LogP contribution is -2.39. The molecular formula is C25H29N5O3. The molecular weight excluding hydrogens is 418 g/mol. The van der Waals surface area contributed by atoms with Gasteiger partial charge in [-0.2, -0.15) is 0 Å². The van der Waals surface area contributed by atoms with Crippen LogP contribution in [0.5, 0.6) is 5.88 Å². The predicted octanol–water partition coefficient (Wildman–Crippen LogP) is 4.56. The summed E-state index contributed by atoms with van der Waals surface area (Å²) in [5, 5.41) is 5.05. The number of fused-ring (bicyclic) bond motifs is 2. The van der Waals surface area contributed by atoms with Gasteiger partial charge in [-0.05, 0) is 69.7 Å². The third-order valence-electron chi connectivity index (χ3n) is 6.44. The van der Waals surface area contributed by atoms with E-state index in [0.717, 1.165) is 34.9 Å². The van der Waals surface area contributed by atoms with Crippen LogP contribution in [-0.2, 0) is 10.3 Å². The van der Waals surface area contributed by atoms with Crippen molar-refractivity contribution in [2.24, 2.45) is 5.73 Å². The van der Waals surface area contributed by atoms with Crippen LogP contribution in [0, 0.1) is 0 Å². The Morgan fingerprint density at radius 1 is 1.15 bits per heavy atom. The number of pyridine rings is 3. The monoisotopic (exact) mass is 447 g/mol. The van der Waals surface area contributed by atoms with Crippen LogP contribution in [0.15, 0.2) is 30.6 Å². The average Bonchev–Trinajstić information content (AvgIpc) is 3.55. The number of nitrogens with zero attached hydrogens (tertiary/aromatic N) is 3. The van der Waals surface area contributed by atoms with Gasteiger partial charge in [-0.3, -0.25) is 0 Å². The van der Waals surface area contributed by atoms with E-state index in [1.807, 2.05) is 40.7 Å². The SMILES string of the molecule is C[C@@H]1c2nc(Nc3cc4c(C(C)(C)N)cnc(OC5CC5)c4cn3)ccc2C(=O)OC1(C)C. The first-order chi connectivity index (χ1) is 15.5. The second kappa shape index (κ2) is 7.38. The van der Waals surface area contributed by atoms with Crippen LogP contribution in [0.25, 0.3) is 10.8 Å². The lowest BCUT2D eigenvalue weighted by molar-refractivity contribution is -0.0189. The van der Waals surface area contributed by atoms with Crippen molar-refractivity contribution in [1.82, 2.24) is 15.0 Å². The highest BCUT2D eigenvalue weighted by Gasteiger charge is 2.40. The maximum Gasteiger partial charge on any atom is 0.340 e. The maximum atomic E-state index is 12.4. The van der Waals surface area contributed by atoms with E-state index in [4.69, 9.17) is 20.2 Å². The van der Waals surface area contributed by atoms with E-state index in [1.165, 1.54) is 0 Å². The van der Waals surface area contributed by atoms with Crippen molar-refractivity contribution in [3.05, 3.63) is 47.4 Å². The van der Waals surface area contributed by atoms with Gasteiger partial charge in [0.2, 0.25) is 5.88 Å². The lowest BCUT2D eigenvalue weighted by atomic mass is 9.84. The van der Waals surface area contributed by atoms with Crippen LogP contribution < -0.4 is 15.8 Å². The second-order valence-corrected chi connectivity index (χ2v) is 10.1. The summed E-state index contributed by atoms with van der Waals surface area (Å²) in [5.41, 5.74) is 7.35. The van der Waals surface area contributed by atoms with Gasteiger partial charge in [0.1, 0.15) is 23.3 Å². The van der Waals surface area contributed by atoms with Gasteiger partial charge in [-0.1, -0.05) is 6.92 Å². The second-order valence-electron chi connectivity index (χ2n) is 10.1. The average molecular weight is 448 g/mol. The minimum Gasteiger partial charge on any atom is -0.474 e. The van der Waals surface area contributed by atoms with Gasteiger partial charge >= 0.3 is 5.97 Å². The van der Waals surface area contributed by atoms with Gasteiger partial charge in [-0.25, -0.2) is 19.7 Å². The zero-order chi connectivity index (χ0) is 23.5. The van der Waals surface area contributed by atoms with Crippen LogP contribution in [0.1, 0.15) is 75.0 Å². The molecule has 0 amide bonds. The van der Waals surface area contributed by atoms with Crippen molar-refractivity contribution in [3.63, 3.8) is 0 Å². The van der Waals surface area contributed by atoms with E-state index in [0.29, 0.717) is 23.1 Å². The molecule has 0 aromatic carbocycles. The maximum absolute atomic E-state index is 12.4. The number of ether oxygens (including phenoxy) is 2. The molecule has 0 spiro atoms. The van der Waals surface area contributed by atoms with Gasteiger partial charge < -0.3 is 20.5 Å². The number of anilines is 2. The molecule has 1 aliphatic heterocycles. The molecule has 1 atom stereocenters. The summed E-state index contributed by atoms with van der Waals surface area (Å²) in [5.74, 6) is 1.42. The minimum absolute atomic E-state index is 0.0469. The fourth-order valence-electron chi connectivity index (χ4n) is 4.02. The molecule has 0 unspecified atom stereocenters. The normalized spacial score (nSPS) is 19.7. The summed E-state index contributed by atoms with van der Waals surface area (Å²) >= 11 is 0. The molecule has 3 aromatic heterocycles. The van der Waals surface area contributed by atoms with Gasteiger partial charge in [0.05, 0.1) is 16.6 Å². The summed E-state index contributed by atoms with van der Waals surface area (Å²) in [7, 11) is 0. The largest absolute Gasteiger partial charge is 0.474 e. The number of aromatic nitrogens is 3. The van der Waals surface area contributed by atoms with Crippen LogP contribution in [-0.4, -0.2) is 32.6 Å². The van der Waals surface area contributed by atoms with Gasteiger partial charge in [0, 0.05) is 23.9 Å². The Morgan fingerprint density at radius 2 is 1.91 bits per heavy atom. The predicted molar refractivity (Wildman–Crippen MR) is 126 cm³/mol. The molecule has 5 rings (SSSR count). The van der Waals surface area contributed by atoms with Gasteiger partial charge in [0.25, 0.3) is 0 Å². The number of hydrogen-bond acceptors (Lipinski definition) is 8. The fourth-order valence-corrected chi connectivity index (χ4v) is 4.02. The summed E-state index contributed by atoms with van der Waals surface area (Å²) < 4.78 is 11.6. The minimum atomic E-state index is -0.622. The number of nitrogens with two attached hydrogens (primary N) is 1. The Bertz CT molecular complexity index is 1260. The summed E-state index contributed by atoms with van der Waals surface area (Å²) in [6, 6.07) is 5.46. The van der Waals surface area contributed by atoms with Crippen molar-refractivity contribution >= 4 is 28.4 Å². The Labute approximate surface area is 192 Å². The number of cyclic esters (lactones) is 1. The molecule has 172 valence electrons. The quantitative estimate of drug-likeness (QED) is 0.548. The molecule has 0 saturated heterocycles. The molecule has 33 heavy (non-hydrogen) atoms. The molecule has 1 fully saturated rings. The first-order valence-electron chi connectivity index (χ1n) is 11.3. The number of esters is 1. The first kappa shape index (κ1) is 21.6. The molecule has 3 N–H and O–H groups in total. The lowest BCUT2D eigenvalue weighted by Gasteiger charge is -2.36. The third kappa shape index (κ3) is 3.99. The Hall–Kier alpha value is -3.26. The molecule has 3 aromatic rings. The van der Waals surface area contributed by atoms with E-state index in [2.05, 4.69) is 15.3 Å². The Morgan fingerprint density at radius 3 is 2.61 bits per heavy atom. The van der Waals surface area contributed by atoms with E-state index in [-0.39, 0.29) is 18.0 Å². The van der Waals surface area contributed by atoms with Crippen molar-refractivity contribution in [3.8, 4) is 5.88 Å². The Balaban J connectivity index is 1.53. The molecule has 8 nitrogen and oxygen atoms in total. The molecule has 8 heteroatoms. The summed E-state index contributed by atoms with van der Waals surface area (Å²) in [4.78, 5) is 26.2. The van der Waals surface area contributed by atoms with Crippen molar-refractivity contribution in [2.45, 2.75) is 70.6 Å². The zero-order valence-corrected chi connectivity index (χ0v) is 19.6. The highest BCUT2D eigenvalue weighted by atomic mass is 16.6. The van der Waals surface area contributed by atoms with E-state index in [9.17, 15) is 4.79 Å². The van der Waals surface area contributed by atoms with Crippen LogP contribution in [0.4, 0.5) is 11.6 Å². The van der Waals surface area contributed by atoms with Crippen molar-refractivity contribution < 1.29 is 14.3 Å². The molecule has 2 aliphatic rings. The van der Waals surface area contributed by atoms with Crippen LogP contribution in [0.3, 0.4) is 0 Å². The van der Waals surface area contributed by atoms with Gasteiger partial charge in [0.15, 0.2) is 0 Å². The van der Waals surface area contributed by atoms with E-state index in [1.54, 1.807) is 24.5 Å². The number of hydrogen-bond donors (Lipinski definition) is 2. The number of rotatable bonds is 5. The molecule has 0 bridgehead atoms. The molecule has 1 aliphatic carbocycles.